The number of fused-ring (bicyclic) bond motifs is 1. The number of aromatic nitrogens is 2. The van der Waals surface area contributed by atoms with Crippen molar-refractivity contribution < 1.29 is 9.59 Å². The molecule has 7 heteroatoms. The van der Waals surface area contributed by atoms with Gasteiger partial charge in [-0.25, -0.2) is 9.78 Å². The zero-order valence-electron chi connectivity index (χ0n) is 18.1. The van der Waals surface area contributed by atoms with Gasteiger partial charge in [-0.1, -0.05) is 0 Å². The summed E-state index contributed by atoms with van der Waals surface area (Å²) in [6.45, 7) is 3.98. The van der Waals surface area contributed by atoms with Gasteiger partial charge in [0.15, 0.2) is 0 Å². The molecule has 0 aliphatic carbocycles. The summed E-state index contributed by atoms with van der Waals surface area (Å²) in [4.78, 5) is 34.0. The first kappa shape index (κ1) is 20.1. The van der Waals surface area contributed by atoms with Crippen LogP contribution in [0.2, 0.25) is 0 Å². The van der Waals surface area contributed by atoms with Gasteiger partial charge in [0, 0.05) is 55.9 Å². The summed E-state index contributed by atoms with van der Waals surface area (Å²) in [5, 5.41) is 3.06. The fourth-order valence-electron chi connectivity index (χ4n) is 5.09. The molecule has 5 rings (SSSR count). The third kappa shape index (κ3) is 4.18. The molecule has 2 aromatic rings. The van der Waals surface area contributed by atoms with Gasteiger partial charge in [-0.05, 0) is 69.2 Å². The highest BCUT2D eigenvalue weighted by atomic mass is 16.2. The highest BCUT2D eigenvalue weighted by Gasteiger charge is 2.31. The van der Waals surface area contributed by atoms with Gasteiger partial charge in [0.05, 0.1) is 5.92 Å². The monoisotopic (exact) mass is 421 g/mol. The number of hydrogen-bond acceptors (Lipinski definition) is 3. The van der Waals surface area contributed by atoms with Gasteiger partial charge in [0.2, 0.25) is 5.91 Å². The molecule has 1 unspecified atom stereocenters. The van der Waals surface area contributed by atoms with Crippen LogP contribution in [0.25, 0.3) is 11.4 Å². The molecule has 1 N–H and O–H groups in total. The summed E-state index contributed by atoms with van der Waals surface area (Å²) in [6, 6.07) is 8.07. The molecule has 7 nitrogen and oxygen atoms in total. The molecule has 3 amide bonds. The van der Waals surface area contributed by atoms with E-state index >= 15 is 0 Å². The van der Waals surface area contributed by atoms with E-state index in [-0.39, 0.29) is 17.9 Å². The number of imidazole rings is 1. The lowest BCUT2D eigenvalue weighted by Crippen LogP contribution is -2.48. The SMILES string of the molecule is O=C(Nc1ccc(-c2ncc3n2CCCC3)cc1)C1CCCN(C(=O)N2CCCC2)C1. The number of piperidine rings is 1. The van der Waals surface area contributed by atoms with Gasteiger partial charge in [0.25, 0.3) is 0 Å². The van der Waals surface area contributed by atoms with Crippen LogP contribution in [-0.2, 0) is 17.8 Å². The van der Waals surface area contributed by atoms with Crippen LogP contribution in [-0.4, -0.2) is 57.5 Å². The first-order valence-electron chi connectivity index (χ1n) is 11.7. The first-order chi connectivity index (χ1) is 15.2. The van der Waals surface area contributed by atoms with E-state index in [0.29, 0.717) is 6.54 Å². The molecule has 1 atom stereocenters. The highest BCUT2D eigenvalue weighted by molar-refractivity contribution is 5.93. The number of nitrogens with zero attached hydrogens (tertiary/aromatic N) is 4. The number of nitrogens with one attached hydrogen (secondary N) is 1. The average molecular weight is 422 g/mol. The van der Waals surface area contributed by atoms with E-state index in [0.717, 1.165) is 75.4 Å². The maximum Gasteiger partial charge on any atom is 0.320 e. The minimum Gasteiger partial charge on any atom is -0.328 e. The van der Waals surface area contributed by atoms with Crippen LogP contribution in [0.5, 0.6) is 0 Å². The van der Waals surface area contributed by atoms with E-state index in [1.165, 1.54) is 18.5 Å². The summed E-state index contributed by atoms with van der Waals surface area (Å²) >= 11 is 0. The van der Waals surface area contributed by atoms with Crippen LogP contribution in [0.4, 0.5) is 10.5 Å². The summed E-state index contributed by atoms with van der Waals surface area (Å²) in [5.41, 5.74) is 3.18. The number of anilines is 1. The maximum absolute atomic E-state index is 12.9. The van der Waals surface area contributed by atoms with Crippen molar-refractivity contribution in [2.75, 3.05) is 31.5 Å². The number of carbonyl (C=O) groups is 2. The zero-order valence-corrected chi connectivity index (χ0v) is 18.1. The van der Waals surface area contributed by atoms with E-state index < -0.39 is 0 Å². The Balaban J connectivity index is 1.21. The fraction of sp³-hybridized carbons (Fsp3) is 0.542. The highest BCUT2D eigenvalue weighted by Crippen LogP contribution is 2.26. The van der Waals surface area contributed by atoms with Gasteiger partial charge < -0.3 is 19.7 Å². The lowest BCUT2D eigenvalue weighted by atomic mass is 9.97. The predicted molar refractivity (Wildman–Crippen MR) is 120 cm³/mol. The molecule has 3 aliphatic heterocycles. The van der Waals surface area contributed by atoms with Crippen molar-refractivity contribution >= 4 is 17.6 Å². The normalized spacial score (nSPS) is 21.1. The third-order valence-corrected chi connectivity index (χ3v) is 6.85. The fourth-order valence-corrected chi connectivity index (χ4v) is 5.09. The molecule has 31 heavy (non-hydrogen) atoms. The van der Waals surface area contributed by atoms with E-state index in [4.69, 9.17) is 0 Å². The molecule has 1 aromatic carbocycles. The molecular weight excluding hydrogens is 390 g/mol. The lowest BCUT2D eigenvalue weighted by Gasteiger charge is -2.34. The second-order valence-corrected chi connectivity index (χ2v) is 9.01. The van der Waals surface area contributed by atoms with Gasteiger partial charge >= 0.3 is 6.03 Å². The number of aryl methyl sites for hydroxylation is 1. The minimum absolute atomic E-state index is 0.00450. The number of urea groups is 1. The van der Waals surface area contributed by atoms with Crippen LogP contribution >= 0.6 is 0 Å². The molecule has 0 bridgehead atoms. The minimum atomic E-state index is -0.153. The second-order valence-electron chi connectivity index (χ2n) is 9.01. The second kappa shape index (κ2) is 8.73. The molecule has 0 spiro atoms. The van der Waals surface area contributed by atoms with Crippen LogP contribution in [0.3, 0.4) is 0 Å². The molecule has 2 saturated heterocycles. The van der Waals surface area contributed by atoms with E-state index in [9.17, 15) is 9.59 Å². The van der Waals surface area contributed by atoms with Gasteiger partial charge in [-0.3, -0.25) is 4.79 Å². The summed E-state index contributed by atoms with van der Waals surface area (Å²) in [7, 11) is 0. The Morgan fingerprint density at radius 3 is 2.45 bits per heavy atom. The standard InChI is InChI=1S/C24H31N5O2/c30-23(19-6-5-14-28(17-19)24(31)27-12-3-4-13-27)26-20-10-8-18(9-11-20)22-25-16-21-7-1-2-15-29(21)22/h8-11,16,19H,1-7,12-15,17H2,(H,26,30). The topological polar surface area (TPSA) is 70.5 Å². The van der Waals surface area contributed by atoms with E-state index in [1.807, 2.05) is 40.3 Å². The maximum atomic E-state index is 12.9. The van der Waals surface area contributed by atoms with Crippen LogP contribution in [0.1, 0.15) is 44.2 Å². The Morgan fingerprint density at radius 1 is 0.903 bits per heavy atom. The predicted octanol–water partition coefficient (Wildman–Crippen LogP) is 3.75. The van der Waals surface area contributed by atoms with Crippen molar-refractivity contribution in [1.82, 2.24) is 19.4 Å². The van der Waals surface area contributed by atoms with Crippen LogP contribution in [0.15, 0.2) is 30.5 Å². The Hall–Kier alpha value is -2.83. The molecular formula is C24H31N5O2. The number of rotatable bonds is 3. The number of likely N-dealkylation sites (tertiary alicyclic amines) is 2. The van der Waals surface area contributed by atoms with Gasteiger partial charge in [0.1, 0.15) is 5.82 Å². The van der Waals surface area contributed by atoms with E-state index in [2.05, 4.69) is 14.9 Å². The van der Waals surface area contributed by atoms with Gasteiger partial charge in [-0.2, -0.15) is 0 Å². The Morgan fingerprint density at radius 2 is 1.65 bits per heavy atom. The smallest absolute Gasteiger partial charge is 0.320 e. The van der Waals surface area contributed by atoms with Crippen molar-refractivity contribution in [3.8, 4) is 11.4 Å². The number of hydrogen-bond donors (Lipinski definition) is 1. The molecule has 3 aliphatic rings. The Bertz CT molecular complexity index is 945. The Labute approximate surface area is 183 Å². The third-order valence-electron chi connectivity index (χ3n) is 6.85. The van der Waals surface area contributed by atoms with Crippen molar-refractivity contribution in [3.05, 3.63) is 36.2 Å². The summed E-state index contributed by atoms with van der Waals surface area (Å²) < 4.78 is 2.31. The van der Waals surface area contributed by atoms with Crippen molar-refractivity contribution in [1.29, 1.82) is 0 Å². The van der Waals surface area contributed by atoms with Crippen LogP contribution < -0.4 is 5.32 Å². The van der Waals surface area contributed by atoms with Crippen molar-refractivity contribution in [2.24, 2.45) is 5.92 Å². The van der Waals surface area contributed by atoms with Crippen molar-refractivity contribution in [3.63, 3.8) is 0 Å². The molecule has 0 radical (unpaired) electrons. The number of benzene rings is 1. The molecule has 164 valence electrons. The number of amides is 3. The molecule has 2 fully saturated rings. The number of carbonyl (C=O) groups excluding carboxylic acids is 2. The molecule has 4 heterocycles. The summed E-state index contributed by atoms with van der Waals surface area (Å²) in [5.74, 6) is 0.861. The first-order valence-corrected chi connectivity index (χ1v) is 11.7. The van der Waals surface area contributed by atoms with Gasteiger partial charge in [-0.15, -0.1) is 0 Å². The zero-order chi connectivity index (χ0) is 21.2. The molecule has 1 aromatic heterocycles. The average Bonchev–Trinajstić information content (AvgIpc) is 3.50. The summed E-state index contributed by atoms with van der Waals surface area (Å²) in [6.07, 6.45) is 9.39. The molecule has 0 saturated carbocycles. The Kier molecular flexibility index (Phi) is 5.66. The van der Waals surface area contributed by atoms with Crippen molar-refractivity contribution in [2.45, 2.75) is 51.5 Å². The lowest BCUT2D eigenvalue weighted by molar-refractivity contribution is -0.121. The quantitative estimate of drug-likeness (QED) is 0.821. The largest absolute Gasteiger partial charge is 0.328 e. The van der Waals surface area contributed by atoms with Crippen LogP contribution in [0, 0.1) is 5.92 Å². The van der Waals surface area contributed by atoms with E-state index in [1.54, 1.807) is 0 Å².